The van der Waals surface area contributed by atoms with Gasteiger partial charge in [0.1, 0.15) is 11.5 Å². The molecule has 1 N–H and O–H groups in total. The second-order valence-corrected chi connectivity index (χ2v) is 5.58. The number of hydrogen-bond donors (Lipinski definition) is 1. The first-order valence-corrected chi connectivity index (χ1v) is 7.99. The Morgan fingerprint density at radius 3 is 2.50 bits per heavy atom. The van der Waals surface area contributed by atoms with Gasteiger partial charge in [-0.15, -0.1) is 11.8 Å². The molecule has 0 aliphatic rings. The Balaban J connectivity index is 2.32. The van der Waals surface area contributed by atoms with Crippen LogP contribution >= 0.6 is 11.8 Å². The largest absolute Gasteiger partial charge is 0.497 e. The van der Waals surface area contributed by atoms with Gasteiger partial charge in [0.25, 0.3) is 5.91 Å². The molecule has 0 aromatic heterocycles. The lowest BCUT2D eigenvalue weighted by Gasteiger charge is -2.13. The first kappa shape index (κ1) is 16.2. The van der Waals surface area contributed by atoms with E-state index in [-0.39, 0.29) is 5.91 Å². The molecule has 0 aliphatic heterocycles. The van der Waals surface area contributed by atoms with Crippen LogP contribution in [0.3, 0.4) is 0 Å². The van der Waals surface area contributed by atoms with Crippen LogP contribution in [0.1, 0.15) is 15.9 Å². The van der Waals surface area contributed by atoms with Crippen molar-refractivity contribution in [3.63, 3.8) is 0 Å². The number of methoxy groups -OCH3 is 2. The van der Waals surface area contributed by atoms with Gasteiger partial charge in [-0.05, 0) is 43.0 Å². The van der Waals surface area contributed by atoms with Crippen molar-refractivity contribution >= 4 is 23.4 Å². The molecule has 2 aromatic rings. The second kappa shape index (κ2) is 7.22. The lowest BCUT2D eigenvalue weighted by molar-refractivity contribution is 0.102. The molecule has 0 heterocycles. The molecule has 0 radical (unpaired) electrons. The Kier molecular flexibility index (Phi) is 5.33. The van der Waals surface area contributed by atoms with Crippen LogP contribution in [0.5, 0.6) is 11.5 Å². The summed E-state index contributed by atoms with van der Waals surface area (Å²) in [5.74, 6) is 1.08. The Bertz CT molecular complexity index is 686. The molecule has 0 atom stereocenters. The van der Waals surface area contributed by atoms with E-state index in [0.29, 0.717) is 22.7 Å². The normalized spacial score (nSPS) is 10.2. The SMILES string of the molecule is COc1ccc(OC)c(NC(=O)c2cc(SC)ccc2C)c1. The van der Waals surface area contributed by atoms with E-state index in [2.05, 4.69) is 5.32 Å². The molecule has 0 unspecified atom stereocenters. The van der Waals surface area contributed by atoms with Crippen LogP contribution in [0.2, 0.25) is 0 Å². The summed E-state index contributed by atoms with van der Waals surface area (Å²) in [5.41, 5.74) is 2.16. The van der Waals surface area contributed by atoms with Crippen molar-refractivity contribution in [3.8, 4) is 11.5 Å². The summed E-state index contributed by atoms with van der Waals surface area (Å²) < 4.78 is 10.5. The minimum Gasteiger partial charge on any atom is -0.497 e. The standard InChI is InChI=1S/C17H19NO3S/c1-11-5-7-13(22-4)10-14(11)17(19)18-15-9-12(20-2)6-8-16(15)21-3/h5-10H,1-4H3,(H,18,19). The molecule has 0 fully saturated rings. The van der Waals surface area contributed by atoms with E-state index in [1.54, 1.807) is 44.2 Å². The number of benzene rings is 2. The zero-order valence-corrected chi connectivity index (χ0v) is 13.9. The van der Waals surface area contributed by atoms with E-state index in [4.69, 9.17) is 9.47 Å². The summed E-state index contributed by atoms with van der Waals surface area (Å²) >= 11 is 1.60. The Morgan fingerprint density at radius 2 is 1.86 bits per heavy atom. The highest BCUT2D eigenvalue weighted by Crippen LogP contribution is 2.30. The fraction of sp³-hybridized carbons (Fsp3) is 0.235. The topological polar surface area (TPSA) is 47.6 Å². The molecule has 0 saturated carbocycles. The van der Waals surface area contributed by atoms with E-state index in [1.807, 2.05) is 31.4 Å². The van der Waals surface area contributed by atoms with Crippen LogP contribution in [-0.2, 0) is 0 Å². The van der Waals surface area contributed by atoms with Gasteiger partial charge >= 0.3 is 0 Å². The Morgan fingerprint density at radius 1 is 1.09 bits per heavy atom. The number of nitrogens with one attached hydrogen (secondary N) is 1. The molecule has 0 bridgehead atoms. The van der Waals surface area contributed by atoms with Crippen molar-refractivity contribution < 1.29 is 14.3 Å². The highest BCUT2D eigenvalue weighted by molar-refractivity contribution is 7.98. The van der Waals surface area contributed by atoms with E-state index in [9.17, 15) is 4.79 Å². The average molecular weight is 317 g/mol. The van der Waals surface area contributed by atoms with Crippen molar-refractivity contribution in [2.24, 2.45) is 0 Å². The third kappa shape index (κ3) is 3.54. The summed E-state index contributed by atoms with van der Waals surface area (Å²) in [4.78, 5) is 13.6. The predicted molar refractivity (Wildman–Crippen MR) is 90.5 cm³/mol. The summed E-state index contributed by atoms with van der Waals surface area (Å²) in [5, 5.41) is 2.89. The number of anilines is 1. The van der Waals surface area contributed by atoms with Gasteiger partial charge in [-0.3, -0.25) is 4.79 Å². The van der Waals surface area contributed by atoms with Crippen LogP contribution < -0.4 is 14.8 Å². The minimum absolute atomic E-state index is 0.167. The van der Waals surface area contributed by atoms with Crippen molar-refractivity contribution in [2.45, 2.75) is 11.8 Å². The molecule has 2 aromatic carbocycles. The summed E-state index contributed by atoms with van der Waals surface area (Å²) in [7, 11) is 3.15. The Hall–Kier alpha value is -2.14. The first-order valence-electron chi connectivity index (χ1n) is 6.77. The molecule has 2 rings (SSSR count). The number of rotatable bonds is 5. The monoisotopic (exact) mass is 317 g/mol. The third-order valence-electron chi connectivity index (χ3n) is 3.34. The molecular weight excluding hydrogens is 298 g/mol. The number of amides is 1. The Labute approximate surface area is 134 Å². The number of aryl methyl sites for hydroxylation is 1. The molecule has 0 spiro atoms. The maximum atomic E-state index is 12.6. The van der Waals surface area contributed by atoms with Gasteiger partial charge in [0, 0.05) is 16.5 Å². The molecule has 22 heavy (non-hydrogen) atoms. The highest BCUT2D eigenvalue weighted by atomic mass is 32.2. The van der Waals surface area contributed by atoms with E-state index in [1.165, 1.54) is 0 Å². The van der Waals surface area contributed by atoms with Crippen molar-refractivity contribution in [1.29, 1.82) is 0 Å². The third-order valence-corrected chi connectivity index (χ3v) is 4.07. The number of carbonyl (C=O) groups is 1. The zero-order valence-electron chi connectivity index (χ0n) is 13.1. The molecular formula is C17H19NO3S. The fourth-order valence-corrected chi connectivity index (χ4v) is 2.51. The highest BCUT2D eigenvalue weighted by Gasteiger charge is 2.13. The van der Waals surface area contributed by atoms with Crippen LogP contribution in [0.25, 0.3) is 0 Å². The van der Waals surface area contributed by atoms with Gasteiger partial charge < -0.3 is 14.8 Å². The summed E-state index contributed by atoms with van der Waals surface area (Å²) in [6.07, 6.45) is 1.98. The van der Waals surface area contributed by atoms with Gasteiger partial charge in [0.2, 0.25) is 0 Å². The smallest absolute Gasteiger partial charge is 0.256 e. The molecule has 1 amide bonds. The fourth-order valence-electron chi connectivity index (χ4n) is 2.07. The quantitative estimate of drug-likeness (QED) is 0.847. The van der Waals surface area contributed by atoms with E-state index < -0.39 is 0 Å². The lowest BCUT2D eigenvalue weighted by Crippen LogP contribution is -2.14. The molecule has 0 saturated heterocycles. The van der Waals surface area contributed by atoms with Crippen molar-refractivity contribution in [1.82, 2.24) is 0 Å². The summed E-state index contributed by atoms with van der Waals surface area (Å²) in [6, 6.07) is 11.1. The van der Waals surface area contributed by atoms with Gasteiger partial charge in [0.05, 0.1) is 19.9 Å². The number of carbonyl (C=O) groups excluding carboxylic acids is 1. The molecule has 4 nitrogen and oxygen atoms in total. The number of thioether (sulfide) groups is 1. The zero-order chi connectivity index (χ0) is 16.1. The molecule has 0 aliphatic carbocycles. The average Bonchev–Trinajstić information content (AvgIpc) is 2.55. The van der Waals surface area contributed by atoms with Gasteiger partial charge in [-0.25, -0.2) is 0 Å². The maximum Gasteiger partial charge on any atom is 0.256 e. The van der Waals surface area contributed by atoms with Crippen molar-refractivity contribution in [2.75, 3.05) is 25.8 Å². The van der Waals surface area contributed by atoms with Crippen LogP contribution in [-0.4, -0.2) is 26.4 Å². The van der Waals surface area contributed by atoms with E-state index in [0.717, 1.165) is 10.5 Å². The first-order chi connectivity index (χ1) is 10.6. The van der Waals surface area contributed by atoms with Crippen molar-refractivity contribution in [3.05, 3.63) is 47.5 Å². The maximum absolute atomic E-state index is 12.6. The van der Waals surface area contributed by atoms with Gasteiger partial charge in [-0.2, -0.15) is 0 Å². The predicted octanol–water partition coefficient (Wildman–Crippen LogP) is 3.99. The van der Waals surface area contributed by atoms with E-state index >= 15 is 0 Å². The number of ether oxygens (including phenoxy) is 2. The van der Waals surface area contributed by atoms with Gasteiger partial charge in [-0.1, -0.05) is 6.07 Å². The van der Waals surface area contributed by atoms with Crippen LogP contribution in [0.4, 0.5) is 5.69 Å². The van der Waals surface area contributed by atoms with Crippen LogP contribution in [0.15, 0.2) is 41.3 Å². The van der Waals surface area contributed by atoms with Crippen LogP contribution in [0, 0.1) is 6.92 Å². The number of hydrogen-bond acceptors (Lipinski definition) is 4. The minimum atomic E-state index is -0.167. The lowest BCUT2D eigenvalue weighted by atomic mass is 10.1. The molecule has 5 heteroatoms. The summed E-state index contributed by atoms with van der Waals surface area (Å²) in [6.45, 7) is 1.92. The second-order valence-electron chi connectivity index (χ2n) is 4.70. The molecule has 116 valence electrons. The van der Waals surface area contributed by atoms with Gasteiger partial charge in [0.15, 0.2) is 0 Å².